The molecule has 0 N–H and O–H groups in total. The average molecular weight is 818 g/mol. The molecule has 2 heterocycles. The van der Waals surface area contributed by atoms with Crippen LogP contribution in [0.25, 0.3) is 11.1 Å². The van der Waals surface area contributed by atoms with E-state index in [0.717, 1.165) is 28.0 Å². The van der Waals surface area contributed by atoms with Crippen molar-refractivity contribution in [2.75, 3.05) is 4.90 Å². The third-order valence-corrected chi connectivity index (χ3v) is 22.5. The van der Waals surface area contributed by atoms with Gasteiger partial charge in [0, 0.05) is 27.3 Å². The smallest absolute Gasteiger partial charge is 0.181 e. The van der Waals surface area contributed by atoms with Gasteiger partial charge in [-0.05, 0) is 104 Å². The van der Waals surface area contributed by atoms with Crippen molar-refractivity contribution in [1.29, 1.82) is 0 Å². The van der Waals surface area contributed by atoms with Crippen molar-refractivity contribution in [2.45, 2.75) is 25.7 Å². The van der Waals surface area contributed by atoms with Crippen molar-refractivity contribution >= 4 is 63.3 Å². The normalized spacial score (nSPS) is 19.6. The number of benzene rings is 8. The molecular weight excluding hydrogens is 774 g/mol. The van der Waals surface area contributed by atoms with Crippen LogP contribution >= 0.6 is 7.14 Å². The highest BCUT2D eigenvalue weighted by Gasteiger charge is 2.55. The molecule has 4 aliphatic rings. The van der Waals surface area contributed by atoms with Crippen molar-refractivity contribution in [3.63, 3.8) is 0 Å². The number of allylic oxidation sites excluding steroid dienone is 3. The second-order valence-electron chi connectivity index (χ2n) is 17.2. The van der Waals surface area contributed by atoms with Gasteiger partial charge in [-0.3, -0.25) is 0 Å². The Hall–Kier alpha value is -6.51. The molecule has 2 atom stereocenters. The van der Waals surface area contributed by atoms with Gasteiger partial charge in [0.15, 0.2) is 15.2 Å². The summed E-state index contributed by atoms with van der Waals surface area (Å²) in [4.78, 5) is 2.55. The minimum absolute atomic E-state index is 0.372. The molecule has 1 spiro atoms. The van der Waals surface area contributed by atoms with Crippen LogP contribution in [0.3, 0.4) is 0 Å². The Morgan fingerprint density at radius 1 is 0.574 bits per heavy atom. The summed E-state index contributed by atoms with van der Waals surface area (Å²) in [6, 6.07) is 73.4. The highest BCUT2D eigenvalue weighted by atomic mass is 31.2. The van der Waals surface area contributed by atoms with Crippen molar-refractivity contribution in [2.24, 2.45) is 5.92 Å². The molecular formula is C57H44NOPSi. The summed E-state index contributed by atoms with van der Waals surface area (Å²) in [7, 11) is -6.45. The molecule has 0 saturated heterocycles. The summed E-state index contributed by atoms with van der Waals surface area (Å²) in [5, 5.41) is 7.72. The number of aryl methyl sites for hydroxylation is 1. The Bertz CT molecular complexity index is 3100. The third kappa shape index (κ3) is 4.82. The molecule has 0 amide bonds. The highest BCUT2D eigenvalue weighted by molar-refractivity contribution is 7.87. The second kappa shape index (κ2) is 13.5. The fourth-order valence-electron chi connectivity index (χ4n) is 11.6. The maximum Gasteiger partial charge on any atom is 0.181 e. The number of rotatable bonds is 4. The van der Waals surface area contributed by atoms with Gasteiger partial charge in [-0.2, -0.15) is 0 Å². The summed E-state index contributed by atoms with van der Waals surface area (Å²) < 4.78 is 16.6. The van der Waals surface area contributed by atoms with E-state index >= 15 is 4.57 Å². The molecule has 2 nitrogen and oxygen atoms in total. The molecule has 2 aliphatic heterocycles. The number of nitrogens with zero attached hydrogens (tertiary/aromatic N) is 1. The highest BCUT2D eigenvalue weighted by Crippen LogP contribution is 2.63. The summed E-state index contributed by atoms with van der Waals surface area (Å²) in [5.74, 6) is 0.372. The van der Waals surface area contributed by atoms with Crippen LogP contribution in [0, 0.1) is 12.8 Å². The lowest BCUT2D eigenvalue weighted by Crippen LogP contribution is -2.82. The molecule has 0 radical (unpaired) electrons. The molecule has 4 heteroatoms. The summed E-state index contributed by atoms with van der Waals surface area (Å²) in [5.41, 5.74) is 12.4. The van der Waals surface area contributed by atoms with Gasteiger partial charge in [0.05, 0.1) is 11.1 Å². The largest absolute Gasteiger partial charge is 0.310 e. The Labute approximate surface area is 359 Å². The summed E-state index contributed by atoms with van der Waals surface area (Å²) in [6.07, 6.45) is 5.74. The number of fused-ring (bicyclic) bond motifs is 10. The average Bonchev–Trinajstić information content (AvgIpc) is 3.61. The predicted octanol–water partition coefficient (Wildman–Crippen LogP) is 9.64. The Morgan fingerprint density at radius 3 is 1.82 bits per heavy atom. The Kier molecular flexibility index (Phi) is 8.04. The zero-order valence-electron chi connectivity index (χ0n) is 34.3. The van der Waals surface area contributed by atoms with E-state index in [1.807, 2.05) is 18.2 Å². The van der Waals surface area contributed by atoms with Gasteiger partial charge in [0.25, 0.3) is 0 Å². The van der Waals surface area contributed by atoms with E-state index in [-0.39, 0.29) is 0 Å². The molecule has 292 valence electrons. The van der Waals surface area contributed by atoms with Crippen LogP contribution in [0.4, 0.5) is 11.4 Å². The number of anilines is 2. The molecule has 2 aliphatic carbocycles. The van der Waals surface area contributed by atoms with E-state index in [9.17, 15) is 0 Å². The van der Waals surface area contributed by atoms with Crippen molar-refractivity contribution in [3.05, 3.63) is 246 Å². The van der Waals surface area contributed by atoms with E-state index < -0.39 is 20.6 Å². The van der Waals surface area contributed by atoms with Crippen LogP contribution in [-0.2, 0) is 9.98 Å². The SMILES string of the molecule is Cc1ccc2c(c1)C1(C3=C(C=CC(C)C3)N2c2ccc3c(c2)[Si](c2ccccc2)(c2ccccc2)c2ccccc2P3(=O)c2ccccc2)c2ccccc2-c2ccccc21. The maximum absolute atomic E-state index is 16.6. The van der Waals surface area contributed by atoms with E-state index in [1.54, 1.807) is 0 Å². The second-order valence-corrected chi connectivity index (χ2v) is 23.7. The monoisotopic (exact) mass is 817 g/mol. The van der Waals surface area contributed by atoms with Crippen LogP contribution < -0.4 is 41.6 Å². The van der Waals surface area contributed by atoms with Crippen LogP contribution in [-0.4, -0.2) is 8.07 Å². The molecule has 0 aromatic heterocycles. The quantitative estimate of drug-likeness (QED) is 0.130. The van der Waals surface area contributed by atoms with Crippen LogP contribution in [0.1, 0.15) is 35.6 Å². The lowest BCUT2D eigenvalue weighted by molar-refractivity contribution is 0.592. The van der Waals surface area contributed by atoms with Crippen molar-refractivity contribution in [1.82, 2.24) is 0 Å². The van der Waals surface area contributed by atoms with Gasteiger partial charge in [0.2, 0.25) is 0 Å². The van der Waals surface area contributed by atoms with Crippen molar-refractivity contribution in [3.8, 4) is 11.1 Å². The van der Waals surface area contributed by atoms with Gasteiger partial charge in [0.1, 0.15) is 0 Å². The van der Waals surface area contributed by atoms with Crippen LogP contribution in [0.15, 0.2) is 224 Å². The fourth-order valence-corrected chi connectivity index (χ4v) is 21.3. The molecule has 8 aromatic rings. The molecule has 12 rings (SSSR count). The van der Waals surface area contributed by atoms with E-state index in [2.05, 4.69) is 213 Å². The Balaban J connectivity index is 1.21. The standard InChI is InChI=1S/C57H44NOPSi/c1-39-30-33-51-49(36-39)57(47-26-14-12-24-45(47)46-25-13-15-27-48(46)57)50-37-40(2)31-34-52(50)58(51)41-32-35-54-56(38-41)61(43-20-8-4-9-21-43,44-22-10-5-11-23-44)55-29-17-16-28-53(55)60(54,59)42-18-6-3-7-19-42/h3-36,38,40H,37H2,1-2H3. The first-order chi connectivity index (χ1) is 30.0. The number of hydrogen-bond acceptors (Lipinski definition) is 2. The van der Waals surface area contributed by atoms with E-state index in [4.69, 9.17) is 0 Å². The topological polar surface area (TPSA) is 20.3 Å². The zero-order chi connectivity index (χ0) is 40.9. The first-order valence-electron chi connectivity index (χ1n) is 21.5. The van der Waals surface area contributed by atoms with Gasteiger partial charge in [-0.1, -0.05) is 194 Å². The molecule has 0 fully saturated rings. The van der Waals surface area contributed by atoms with Gasteiger partial charge in [-0.25, -0.2) is 0 Å². The third-order valence-electron chi connectivity index (χ3n) is 14.0. The lowest BCUT2D eigenvalue weighted by atomic mass is 9.61. The molecule has 61 heavy (non-hydrogen) atoms. The summed E-state index contributed by atoms with van der Waals surface area (Å²) in [6.45, 7) is 4.59. The first-order valence-corrected chi connectivity index (χ1v) is 25.2. The number of hydrogen-bond donors (Lipinski definition) is 0. The van der Waals surface area contributed by atoms with Crippen LogP contribution in [0.2, 0.25) is 0 Å². The molecule has 0 bridgehead atoms. The summed E-state index contributed by atoms with van der Waals surface area (Å²) >= 11 is 0. The van der Waals surface area contributed by atoms with Crippen molar-refractivity contribution < 1.29 is 4.57 Å². The molecule has 0 saturated carbocycles. The predicted molar refractivity (Wildman–Crippen MR) is 258 cm³/mol. The minimum atomic E-state index is -3.34. The fraction of sp³-hybridized carbons (Fsp3) is 0.0877. The van der Waals surface area contributed by atoms with Crippen LogP contribution in [0.5, 0.6) is 0 Å². The Morgan fingerprint density at radius 2 is 1.15 bits per heavy atom. The zero-order valence-corrected chi connectivity index (χ0v) is 36.2. The van der Waals surface area contributed by atoms with E-state index in [0.29, 0.717) is 5.92 Å². The van der Waals surface area contributed by atoms with Gasteiger partial charge >= 0.3 is 0 Å². The van der Waals surface area contributed by atoms with E-state index in [1.165, 1.54) is 71.1 Å². The minimum Gasteiger partial charge on any atom is -0.310 e. The maximum atomic E-state index is 16.6. The molecule has 8 aromatic carbocycles. The molecule has 2 unspecified atom stereocenters. The van der Waals surface area contributed by atoms with Gasteiger partial charge in [-0.15, -0.1) is 0 Å². The first kappa shape index (κ1) is 36.3. The lowest BCUT2D eigenvalue weighted by Gasteiger charge is -2.48. The van der Waals surface area contributed by atoms with Gasteiger partial charge < -0.3 is 9.46 Å².